The van der Waals surface area contributed by atoms with Crippen LogP contribution in [0.4, 0.5) is 5.82 Å². The second-order valence-corrected chi connectivity index (χ2v) is 9.26. The first-order valence-corrected chi connectivity index (χ1v) is 11.4. The van der Waals surface area contributed by atoms with Gasteiger partial charge in [-0.15, -0.1) is 0 Å². The summed E-state index contributed by atoms with van der Waals surface area (Å²) in [5, 5.41) is 22.1. The number of carbonyl (C=O) groups is 1. The maximum Gasteiger partial charge on any atom is 0.257 e. The van der Waals surface area contributed by atoms with Crippen molar-refractivity contribution in [1.29, 1.82) is 0 Å². The summed E-state index contributed by atoms with van der Waals surface area (Å²) in [7, 11) is 1.81. The van der Waals surface area contributed by atoms with Crippen molar-refractivity contribution in [2.24, 2.45) is 0 Å². The summed E-state index contributed by atoms with van der Waals surface area (Å²) in [6.07, 6.45) is 7.69. The van der Waals surface area contributed by atoms with Crippen molar-refractivity contribution >= 4 is 28.4 Å². The third-order valence-electron chi connectivity index (χ3n) is 6.63. The Bertz CT molecular complexity index is 1350. The second-order valence-electron chi connectivity index (χ2n) is 9.26. The molecule has 0 radical (unpaired) electrons. The lowest BCUT2D eigenvalue weighted by atomic mass is 10.0. The van der Waals surface area contributed by atoms with Crippen molar-refractivity contribution in [1.82, 2.24) is 29.5 Å². The van der Waals surface area contributed by atoms with Gasteiger partial charge in [0, 0.05) is 42.5 Å². The van der Waals surface area contributed by atoms with Crippen LogP contribution in [0, 0.1) is 0 Å². The minimum absolute atomic E-state index is 0.235. The fraction of sp³-hybridized carbons (Fsp3) is 0.417. The number of hydrogen-bond acceptors (Lipinski definition) is 6. The van der Waals surface area contributed by atoms with Crippen molar-refractivity contribution in [3.05, 3.63) is 42.4 Å². The summed E-state index contributed by atoms with van der Waals surface area (Å²) in [6, 6.07) is 5.82. The maximum absolute atomic E-state index is 13.2. The minimum Gasteiger partial charge on any atom is -0.388 e. The molecule has 1 aliphatic rings. The molecule has 4 aromatic heterocycles. The molecule has 0 aliphatic heterocycles. The molecule has 0 spiro atoms. The zero-order valence-electron chi connectivity index (χ0n) is 19.3. The van der Waals surface area contributed by atoms with Crippen LogP contribution >= 0.6 is 0 Å². The molecule has 9 nitrogen and oxygen atoms in total. The Morgan fingerprint density at radius 2 is 2.15 bits per heavy atom. The van der Waals surface area contributed by atoms with Gasteiger partial charge in [0.2, 0.25) is 0 Å². The Labute approximate surface area is 191 Å². The molecule has 0 unspecified atom stereocenters. The minimum atomic E-state index is -0.904. The van der Waals surface area contributed by atoms with E-state index < -0.39 is 5.60 Å². The summed E-state index contributed by atoms with van der Waals surface area (Å²) in [5.74, 6) is 0.436. The normalized spacial score (nSPS) is 20.7. The van der Waals surface area contributed by atoms with Crippen LogP contribution in [0.2, 0.25) is 0 Å². The number of fused-ring (bicyclic) bond motifs is 2. The van der Waals surface area contributed by atoms with E-state index in [2.05, 4.69) is 45.3 Å². The number of aromatic nitrogens is 5. The quantitative estimate of drug-likeness (QED) is 0.433. The van der Waals surface area contributed by atoms with Crippen molar-refractivity contribution < 1.29 is 9.90 Å². The number of nitrogens with zero attached hydrogens (tertiary/aromatic N) is 5. The molecule has 172 valence electrons. The van der Waals surface area contributed by atoms with Gasteiger partial charge in [-0.1, -0.05) is 0 Å². The van der Waals surface area contributed by atoms with Crippen LogP contribution in [-0.4, -0.2) is 53.9 Å². The van der Waals surface area contributed by atoms with Gasteiger partial charge in [0.25, 0.3) is 5.91 Å². The molecule has 33 heavy (non-hydrogen) atoms. The van der Waals surface area contributed by atoms with Crippen LogP contribution < -0.4 is 10.6 Å². The van der Waals surface area contributed by atoms with Crippen LogP contribution in [0.25, 0.3) is 27.9 Å². The number of anilines is 1. The average Bonchev–Trinajstić information content (AvgIpc) is 3.48. The highest BCUT2D eigenvalue weighted by Gasteiger charge is 2.38. The summed E-state index contributed by atoms with van der Waals surface area (Å²) in [5.41, 5.74) is 2.50. The maximum atomic E-state index is 13.2. The number of nitrogens with one attached hydrogen (secondary N) is 2. The van der Waals surface area contributed by atoms with Crippen LogP contribution in [0.5, 0.6) is 0 Å². The largest absolute Gasteiger partial charge is 0.388 e. The van der Waals surface area contributed by atoms with Crippen molar-refractivity contribution in [2.45, 2.75) is 57.7 Å². The van der Waals surface area contributed by atoms with Crippen LogP contribution in [0.3, 0.4) is 0 Å². The Morgan fingerprint density at radius 3 is 2.85 bits per heavy atom. The van der Waals surface area contributed by atoms with Gasteiger partial charge in [-0.25, -0.2) is 9.97 Å². The van der Waals surface area contributed by atoms with Gasteiger partial charge in [-0.2, -0.15) is 9.61 Å². The molecule has 1 amide bonds. The number of aliphatic hydroxyl groups is 1. The molecular weight excluding hydrogens is 418 g/mol. The summed E-state index contributed by atoms with van der Waals surface area (Å²) in [4.78, 5) is 22.6. The van der Waals surface area contributed by atoms with Crippen LogP contribution in [0.15, 0.2) is 36.8 Å². The molecule has 1 saturated carbocycles. The van der Waals surface area contributed by atoms with Gasteiger partial charge in [0.15, 0.2) is 5.65 Å². The molecule has 1 aliphatic carbocycles. The van der Waals surface area contributed by atoms with E-state index in [9.17, 15) is 9.90 Å². The topological polar surface area (TPSA) is 109 Å². The number of pyridine rings is 1. The molecule has 4 heterocycles. The lowest BCUT2D eigenvalue weighted by molar-refractivity contribution is 0.0368. The van der Waals surface area contributed by atoms with E-state index in [-0.39, 0.29) is 18.0 Å². The number of rotatable bonds is 5. The predicted molar refractivity (Wildman–Crippen MR) is 127 cm³/mol. The van der Waals surface area contributed by atoms with E-state index in [0.717, 1.165) is 41.0 Å². The molecule has 1 fully saturated rings. The molecule has 0 bridgehead atoms. The first kappa shape index (κ1) is 21.4. The van der Waals surface area contributed by atoms with Gasteiger partial charge in [-0.3, -0.25) is 4.79 Å². The van der Waals surface area contributed by atoms with E-state index in [1.54, 1.807) is 17.6 Å². The monoisotopic (exact) mass is 447 g/mol. The predicted octanol–water partition coefficient (Wildman–Crippen LogP) is 3.40. The SMILES string of the molecule is CNc1cc(-c2cn(C(C)C)c3ncccc23)nc2c(C(=O)N[C@@H]3CCC[C@]3(C)O)cnn12. The van der Waals surface area contributed by atoms with E-state index in [0.29, 0.717) is 17.6 Å². The Morgan fingerprint density at radius 1 is 1.33 bits per heavy atom. The second kappa shape index (κ2) is 7.84. The third kappa shape index (κ3) is 3.52. The fourth-order valence-corrected chi connectivity index (χ4v) is 4.73. The van der Waals surface area contributed by atoms with Gasteiger partial charge in [-0.05, 0) is 52.2 Å². The standard InChI is InChI=1S/C24H29N7O2/c1-14(2)30-13-17(15-7-6-10-26-21(15)30)18-11-20(25-4)31-22(28-18)16(12-27-31)23(32)29-19-8-5-9-24(19,3)33/h6-7,10-14,19,25,33H,5,8-9H2,1-4H3,(H,29,32)/t19-,24+/m1/s1. The van der Waals surface area contributed by atoms with Gasteiger partial charge >= 0.3 is 0 Å². The highest BCUT2D eigenvalue weighted by atomic mass is 16.3. The van der Waals surface area contributed by atoms with E-state index in [1.165, 1.54) is 6.20 Å². The summed E-state index contributed by atoms with van der Waals surface area (Å²) < 4.78 is 3.76. The van der Waals surface area contributed by atoms with Gasteiger partial charge < -0.3 is 20.3 Å². The Balaban J connectivity index is 1.63. The highest BCUT2D eigenvalue weighted by Crippen LogP contribution is 2.33. The molecular formula is C24H29N7O2. The first-order chi connectivity index (χ1) is 15.8. The van der Waals surface area contributed by atoms with Gasteiger partial charge in [0.05, 0.1) is 23.5 Å². The van der Waals surface area contributed by atoms with E-state index in [4.69, 9.17) is 4.98 Å². The van der Waals surface area contributed by atoms with Gasteiger partial charge in [0.1, 0.15) is 17.0 Å². The highest BCUT2D eigenvalue weighted by molar-refractivity contribution is 6.01. The molecule has 0 saturated heterocycles. The lowest BCUT2D eigenvalue weighted by Crippen LogP contribution is -2.47. The van der Waals surface area contributed by atoms with Crippen LogP contribution in [0.1, 0.15) is 56.4 Å². The average molecular weight is 448 g/mol. The molecule has 4 aromatic rings. The molecule has 0 aromatic carbocycles. The number of amides is 1. The third-order valence-corrected chi connectivity index (χ3v) is 6.63. The summed E-state index contributed by atoms with van der Waals surface area (Å²) >= 11 is 0. The lowest BCUT2D eigenvalue weighted by Gasteiger charge is -2.26. The molecule has 3 N–H and O–H groups in total. The zero-order chi connectivity index (χ0) is 23.3. The van der Waals surface area contributed by atoms with Crippen molar-refractivity contribution in [3.63, 3.8) is 0 Å². The van der Waals surface area contributed by atoms with E-state index in [1.807, 2.05) is 25.2 Å². The molecule has 2 atom stereocenters. The van der Waals surface area contributed by atoms with E-state index >= 15 is 0 Å². The fourth-order valence-electron chi connectivity index (χ4n) is 4.73. The Hall–Kier alpha value is -3.46. The van der Waals surface area contributed by atoms with Crippen LogP contribution in [-0.2, 0) is 0 Å². The van der Waals surface area contributed by atoms with Crippen molar-refractivity contribution in [2.75, 3.05) is 12.4 Å². The molecule has 9 heteroatoms. The number of hydrogen-bond donors (Lipinski definition) is 3. The Kier molecular flexibility index (Phi) is 5.08. The molecule has 5 rings (SSSR count). The summed E-state index contributed by atoms with van der Waals surface area (Å²) in [6.45, 7) is 6.00. The first-order valence-electron chi connectivity index (χ1n) is 11.4. The number of carbonyl (C=O) groups excluding carboxylic acids is 1. The van der Waals surface area contributed by atoms with Crippen molar-refractivity contribution in [3.8, 4) is 11.3 Å². The zero-order valence-corrected chi connectivity index (χ0v) is 19.3. The smallest absolute Gasteiger partial charge is 0.257 e.